The lowest BCUT2D eigenvalue weighted by Gasteiger charge is -2.40. The summed E-state index contributed by atoms with van der Waals surface area (Å²) >= 11 is 0. The van der Waals surface area contributed by atoms with Gasteiger partial charge in [-0.2, -0.15) is 0 Å². The zero-order valence-corrected chi connectivity index (χ0v) is 12.6. The Morgan fingerprint density at radius 1 is 1.35 bits per heavy atom. The number of nitrogens with zero attached hydrogens (tertiary/aromatic N) is 1. The van der Waals surface area contributed by atoms with Gasteiger partial charge in [0.2, 0.25) is 5.91 Å². The first-order valence-electron chi connectivity index (χ1n) is 7.78. The van der Waals surface area contributed by atoms with Crippen molar-refractivity contribution in [2.45, 2.75) is 51.5 Å². The molecule has 1 amide bonds. The van der Waals surface area contributed by atoms with Crippen LogP contribution in [0, 0.1) is 5.92 Å². The van der Waals surface area contributed by atoms with Gasteiger partial charge in [0, 0.05) is 13.1 Å². The maximum Gasteiger partial charge on any atom is 0.310 e. The van der Waals surface area contributed by atoms with Crippen LogP contribution in [-0.2, 0) is 14.3 Å². The van der Waals surface area contributed by atoms with Crippen molar-refractivity contribution in [1.29, 1.82) is 0 Å². The van der Waals surface area contributed by atoms with E-state index in [0.717, 1.165) is 45.2 Å². The number of hydrogen-bond acceptors (Lipinski definition) is 4. The van der Waals surface area contributed by atoms with Crippen LogP contribution in [-0.4, -0.2) is 48.6 Å². The maximum atomic E-state index is 12.7. The number of hydrogen-bond donors (Lipinski definition) is 1. The van der Waals surface area contributed by atoms with E-state index in [-0.39, 0.29) is 17.8 Å². The molecule has 0 bridgehead atoms. The Bertz CT molecular complexity index is 364. The molecule has 2 aliphatic rings. The van der Waals surface area contributed by atoms with Gasteiger partial charge in [-0.05, 0) is 52.5 Å². The molecule has 5 heteroatoms. The number of esters is 1. The number of amides is 1. The minimum absolute atomic E-state index is 0.145. The number of ether oxygens (including phenoxy) is 1. The van der Waals surface area contributed by atoms with Crippen LogP contribution in [0.5, 0.6) is 0 Å². The van der Waals surface area contributed by atoms with Gasteiger partial charge in [0.1, 0.15) is 0 Å². The van der Waals surface area contributed by atoms with Crippen molar-refractivity contribution in [2.24, 2.45) is 5.92 Å². The first-order chi connectivity index (χ1) is 9.57. The molecular formula is C15H26N2O3. The molecular weight excluding hydrogens is 256 g/mol. The number of likely N-dealkylation sites (tertiary alicyclic amines) is 1. The van der Waals surface area contributed by atoms with E-state index < -0.39 is 5.54 Å². The normalized spacial score (nSPS) is 30.9. The van der Waals surface area contributed by atoms with Gasteiger partial charge in [0.25, 0.3) is 0 Å². The van der Waals surface area contributed by atoms with Crippen LogP contribution in [0.4, 0.5) is 0 Å². The van der Waals surface area contributed by atoms with Gasteiger partial charge in [0.15, 0.2) is 0 Å². The molecule has 0 radical (unpaired) electrons. The monoisotopic (exact) mass is 282 g/mol. The molecule has 114 valence electrons. The first kappa shape index (κ1) is 15.3. The van der Waals surface area contributed by atoms with E-state index in [2.05, 4.69) is 5.32 Å². The highest BCUT2D eigenvalue weighted by molar-refractivity contribution is 5.86. The molecule has 1 N–H and O–H groups in total. The number of piperidine rings is 2. The summed E-state index contributed by atoms with van der Waals surface area (Å²) in [6, 6.07) is 0. The van der Waals surface area contributed by atoms with Crippen molar-refractivity contribution < 1.29 is 14.3 Å². The van der Waals surface area contributed by atoms with Gasteiger partial charge in [0.05, 0.1) is 18.1 Å². The Kier molecular flexibility index (Phi) is 5.02. The van der Waals surface area contributed by atoms with Crippen LogP contribution in [0.2, 0.25) is 0 Å². The molecule has 0 aromatic heterocycles. The molecule has 0 aromatic rings. The predicted octanol–water partition coefficient (Wildman–Crippen LogP) is 1.32. The van der Waals surface area contributed by atoms with Gasteiger partial charge < -0.3 is 15.0 Å². The second kappa shape index (κ2) is 6.57. The summed E-state index contributed by atoms with van der Waals surface area (Å²) in [7, 11) is 0. The van der Waals surface area contributed by atoms with Crippen LogP contribution in [0.25, 0.3) is 0 Å². The number of carbonyl (C=O) groups excluding carboxylic acids is 2. The minimum atomic E-state index is -0.450. The van der Waals surface area contributed by atoms with Crippen LogP contribution in [0.3, 0.4) is 0 Å². The summed E-state index contributed by atoms with van der Waals surface area (Å²) in [6.45, 7) is 6.37. The molecule has 2 atom stereocenters. The Labute approximate surface area is 121 Å². The predicted molar refractivity (Wildman–Crippen MR) is 76.2 cm³/mol. The van der Waals surface area contributed by atoms with Gasteiger partial charge in [-0.3, -0.25) is 9.59 Å². The van der Waals surface area contributed by atoms with E-state index in [1.165, 1.54) is 0 Å². The quantitative estimate of drug-likeness (QED) is 0.793. The van der Waals surface area contributed by atoms with Crippen LogP contribution >= 0.6 is 0 Å². The lowest BCUT2D eigenvalue weighted by Crippen LogP contribution is -2.59. The second-order valence-corrected chi connectivity index (χ2v) is 6.06. The van der Waals surface area contributed by atoms with Crippen molar-refractivity contribution >= 4 is 11.9 Å². The topological polar surface area (TPSA) is 58.6 Å². The van der Waals surface area contributed by atoms with Crippen molar-refractivity contribution in [3.63, 3.8) is 0 Å². The zero-order chi connectivity index (χ0) is 14.6. The smallest absolute Gasteiger partial charge is 0.310 e. The fourth-order valence-electron chi connectivity index (χ4n) is 3.20. The minimum Gasteiger partial charge on any atom is -0.466 e. The fourth-order valence-corrected chi connectivity index (χ4v) is 3.20. The zero-order valence-electron chi connectivity index (χ0n) is 12.6. The third kappa shape index (κ3) is 3.32. The Morgan fingerprint density at radius 2 is 2.15 bits per heavy atom. The standard InChI is InChI=1S/C15H26N2O3/c1-3-20-13(18)12-7-6-10-17(11-12)14(19)15(2)8-4-5-9-16-15/h12,16H,3-11H2,1-2H3. The molecule has 2 saturated heterocycles. The molecule has 2 heterocycles. The summed E-state index contributed by atoms with van der Waals surface area (Å²) in [5.74, 6) is -0.169. The van der Waals surface area contributed by atoms with Crippen molar-refractivity contribution in [3.05, 3.63) is 0 Å². The van der Waals surface area contributed by atoms with Crippen molar-refractivity contribution in [1.82, 2.24) is 10.2 Å². The average molecular weight is 282 g/mol. The number of nitrogens with one attached hydrogen (secondary N) is 1. The van der Waals surface area contributed by atoms with E-state index in [9.17, 15) is 9.59 Å². The Morgan fingerprint density at radius 3 is 2.80 bits per heavy atom. The van der Waals surface area contributed by atoms with Gasteiger partial charge in [-0.1, -0.05) is 0 Å². The molecule has 5 nitrogen and oxygen atoms in total. The summed E-state index contributed by atoms with van der Waals surface area (Å²) in [4.78, 5) is 26.4. The Hall–Kier alpha value is -1.10. The summed E-state index contributed by atoms with van der Waals surface area (Å²) < 4.78 is 5.09. The second-order valence-electron chi connectivity index (χ2n) is 6.06. The third-order valence-corrected chi connectivity index (χ3v) is 4.42. The molecule has 0 spiro atoms. The summed E-state index contributed by atoms with van der Waals surface area (Å²) in [5, 5.41) is 3.35. The van der Waals surface area contributed by atoms with E-state index in [0.29, 0.717) is 13.2 Å². The lowest BCUT2D eigenvalue weighted by molar-refractivity contribution is -0.152. The highest BCUT2D eigenvalue weighted by atomic mass is 16.5. The molecule has 20 heavy (non-hydrogen) atoms. The van der Waals surface area contributed by atoms with Gasteiger partial charge in [-0.15, -0.1) is 0 Å². The summed E-state index contributed by atoms with van der Waals surface area (Å²) in [6.07, 6.45) is 4.81. The van der Waals surface area contributed by atoms with E-state index in [1.54, 1.807) is 0 Å². The SMILES string of the molecule is CCOC(=O)C1CCCN(C(=O)C2(C)CCCCN2)C1. The number of carbonyl (C=O) groups is 2. The first-order valence-corrected chi connectivity index (χ1v) is 7.78. The van der Waals surface area contributed by atoms with E-state index >= 15 is 0 Å². The number of rotatable bonds is 3. The van der Waals surface area contributed by atoms with Crippen LogP contribution < -0.4 is 5.32 Å². The van der Waals surface area contributed by atoms with Crippen LogP contribution in [0.15, 0.2) is 0 Å². The third-order valence-electron chi connectivity index (χ3n) is 4.42. The van der Waals surface area contributed by atoms with Gasteiger partial charge in [-0.25, -0.2) is 0 Å². The molecule has 0 aliphatic carbocycles. The largest absolute Gasteiger partial charge is 0.466 e. The lowest BCUT2D eigenvalue weighted by atomic mass is 9.88. The average Bonchev–Trinajstić information content (AvgIpc) is 2.47. The molecule has 2 rings (SSSR count). The maximum absolute atomic E-state index is 12.7. The van der Waals surface area contributed by atoms with Crippen molar-refractivity contribution in [2.75, 3.05) is 26.2 Å². The van der Waals surface area contributed by atoms with Crippen molar-refractivity contribution in [3.8, 4) is 0 Å². The highest BCUT2D eigenvalue weighted by Crippen LogP contribution is 2.25. The fraction of sp³-hybridized carbons (Fsp3) is 0.867. The summed E-state index contributed by atoms with van der Waals surface area (Å²) in [5.41, 5.74) is -0.450. The van der Waals surface area contributed by atoms with Gasteiger partial charge >= 0.3 is 5.97 Å². The molecule has 2 aliphatic heterocycles. The van der Waals surface area contributed by atoms with E-state index in [4.69, 9.17) is 4.74 Å². The molecule has 2 fully saturated rings. The Balaban J connectivity index is 1.97. The van der Waals surface area contributed by atoms with Crippen LogP contribution in [0.1, 0.15) is 46.0 Å². The van der Waals surface area contributed by atoms with E-state index in [1.807, 2.05) is 18.7 Å². The molecule has 0 aromatic carbocycles. The highest BCUT2D eigenvalue weighted by Gasteiger charge is 2.40. The molecule has 0 saturated carbocycles. The molecule has 2 unspecified atom stereocenters.